The molecule has 1 aromatic carbocycles. The zero-order valence-electron chi connectivity index (χ0n) is 14.2. The maximum atomic E-state index is 12.9. The summed E-state index contributed by atoms with van der Waals surface area (Å²) in [5.74, 6) is 0.269. The van der Waals surface area contributed by atoms with Gasteiger partial charge in [-0.25, -0.2) is 4.98 Å². The van der Waals surface area contributed by atoms with Crippen LogP contribution in [0.15, 0.2) is 32.6 Å². The van der Waals surface area contributed by atoms with Gasteiger partial charge in [0.1, 0.15) is 5.78 Å². The third-order valence-electron chi connectivity index (χ3n) is 4.40. The molecule has 134 valence electrons. The van der Waals surface area contributed by atoms with Crippen molar-refractivity contribution >= 4 is 44.4 Å². The Labute approximate surface area is 159 Å². The average Bonchev–Trinajstić information content (AvgIpc) is 2.80. The number of thioether (sulfide) groups is 1. The minimum Gasteiger partial charge on any atom is -0.383 e. The van der Waals surface area contributed by atoms with E-state index < -0.39 is 0 Å². The van der Waals surface area contributed by atoms with Gasteiger partial charge in [0.05, 0.1) is 29.3 Å². The second-order valence-electron chi connectivity index (χ2n) is 6.18. The van der Waals surface area contributed by atoms with Crippen LogP contribution in [0.1, 0.15) is 32.1 Å². The van der Waals surface area contributed by atoms with E-state index in [4.69, 9.17) is 4.74 Å². The lowest BCUT2D eigenvalue weighted by molar-refractivity contribution is -0.118. The van der Waals surface area contributed by atoms with Crippen LogP contribution >= 0.6 is 27.7 Å². The maximum absolute atomic E-state index is 12.9. The fourth-order valence-corrected chi connectivity index (χ4v) is 4.62. The number of hydrogen-bond acceptors (Lipinski definition) is 5. The summed E-state index contributed by atoms with van der Waals surface area (Å²) in [5.41, 5.74) is 0.567. The Bertz CT molecular complexity index is 837. The Morgan fingerprint density at radius 2 is 2.16 bits per heavy atom. The molecule has 0 radical (unpaired) electrons. The van der Waals surface area contributed by atoms with Crippen LogP contribution in [0.2, 0.25) is 0 Å². The van der Waals surface area contributed by atoms with Crippen LogP contribution in [0.5, 0.6) is 0 Å². The predicted octanol–water partition coefficient (Wildman–Crippen LogP) is 3.80. The molecule has 25 heavy (non-hydrogen) atoms. The number of ketones is 1. The second-order valence-corrected chi connectivity index (χ2v) is 8.26. The highest BCUT2D eigenvalue weighted by atomic mass is 79.9. The minimum absolute atomic E-state index is 0.0908. The van der Waals surface area contributed by atoms with Gasteiger partial charge in [0.2, 0.25) is 0 Å². The van der Waals surface area contributed by atoms with Crippen molar-refractivity contribution in [3.05, 3.63) is 33.0 Å². The molecule has 1 aliphatic rings. The molecule has 5 nitrogen and oxygen atoms in total. The number of aromatic nitrogens is 2. The van der Waals surface area contributed by atoms with Gasteiger partial charge in [-0.2, -0.15) is 0 Å². The molecule has 1 aliphatic carbocycles. The van der Waals surface area contributed by atoms with E-state index in [-0.39, 0.29) is 16.6 Å². The molecule has 1 atom stereocenters. The number of rotatable bonds is 5. The molecule has 0 amide bonds. The monoisotopic (exact) mass is 424 g/mol. The standard InChI is InChI=1S/C18H21BrN2O3S/c1-24-10-9-21-17(23)13-11-12(19)7-8-14(13)20-18(21)25-16-6-4-2-3-5-15(16)22/h7-8,11,16H,2-6,9-10H2,1H3/t16-/m0/s1. The highest BCUT2D eigenvalue weighted by molar-refractivity contribution is 9.10. The average molecular weight is 425 g/mol. The summed E-state index contributed by atoms with van der Waals surface area (Å²) in [5, 5.41) is 1.07. The maximum Gasteiger partial charge on any atom is 0.262 e. The summed E-state index contributed by atoms with van der Waals surface area (Å²) in [6.45, 7) is 0.849. The Kier molecular flexibility index (Phi) is 6.30. The van der Waals surface area contributed by atoms with Crippen LogP contribution in [0.4, 0.5) is 0 Å². The third kappa shape index (κ3) is 4.33. The Hall–Kier alpha value is -1.18. The van der Waals surface area contributed by atoms with Crippen molar-refractivity contribution in [3.63, 3.8) is 0 Å². The zero-order valence-corrected chi connectivity index (χ0v) is 16.6. The number of fused-ring (bicyclic) bond motifs is 1. The van der Waals surface area contributed by atoms with Crippen LogP contribution in [0.3, 0.4) is 0 Å². The topological polar surface area (TPSA) is 61.2 Å². The molecular weight excluding hydrogens is 404 g/mol. The predicted molar refractivity (Wildman–Crippen MR) is 103 cm³/mol. The first kappa shape index (κ1) is 18.6. The van der Waals surface area contributed by atoms with Gasteiger partial charge in [0.15, 0.2) is 5.16 Å². The summed E-state index contributed by atoms with van der Waals surface area (Å²) in [4.78, 5) is 30.0. The van der Waals surface area contributed by atoms with Crippen molar-refractivity contribution in [2.45, 2.75) is 49.1 Å². The van der Waals surface area contributed by atoms with Crippen molar-refractivity contribution in [2.75, 3.05) is 13.7 Å². The lowest BCUT2D eigenvalue weighted by Gasteiger charge is -2.17. The van der Waals surface area contributed by atoms with Gasteiger partial charge in [-0.3, -0.25) is 14.2 Å². The number of ether oxygens (including phenoxy) is 1. The van der Waals surface area contributed by atoms with E-state index in [0.717, 1.165) is 30.2 Å². The Morgan fingerprint density at radius 1 is 1.32 bits per heavy atom. The largest absolute Gasteiger partial charge is 0.383 e. The fourth-order valence-electron chi connectivity index (χ4n) is 3.02. The minimum atomic E-state index is -0.115. The van der Waals surface area contributed by atoms with Crippen molar-refractivity contribution in [2.24, 2.45) is 0 Å². The second kappa shape index (κ2) is 8.47. The van der Waals surface area contributed by atoms with E-state index in [9.17, 15) is 9.59 Å². The van der Waals surface area contributed by atoms with E-state index in [0.29, 0.717) is 35.6 Å². The Morgan fingerprint density at radius 3 is 2.96 bits per heavy atom. The van der Waals surface area contributed by atoms with Crippen molar-refractivity contribution < 1.29 is 9.53 Å². The first-order valence-electron chi connectivity index (χ1n) is 8.48. The third-order valence-corrected chi connectivity index (χ3v) is 6.20. The Balaban J connectivity index is 2.03. The molecule has 1 fully saturated rings. The summed E-state index contributed by atoms with van der Waals surface area (Å²) < 4.78 is 7.63. The van der Waals surface area contributed by atoms with E-state index in [1.165, 1.54) is 11.8 Å². The van der Waals surface area contributed by atoms with Gasteiger partial charge in [-0.05, 0) is 31.0 Å². The molecule has 1 aromatic heterocycles. The van der Waals surface area contributed by atoms with Gasteiger partial charge in [0, 0.05) is 18.0 Å². The van der Waals surface area contributed by atoms with Gasteiger partial charge in [0.25, 0.3) is 5.56 Å². The van der Waals surface area contributed by atoms with Gasteiger partial charge in [-0.15, -0.1) is 0 Å². The summed E-state index contributed by atoms with van der Waals surface area (Å²) >= 11 is 4.84. The number of benzene rings is 1. The van der Waals surface area contributed by atoms with Crippen LogP contribution < -0.4 is 5.56 Å². The molecular formula is C18H21BrN2O3S. The van der Waals surface area contributed by atoms with Crippen LogP contribution in [-0.2, 0) is 16.1 Å². The molecule has 7 heteroatoms. The molecule has 3 rings (SSSR count). The lowest BCUT2D eigenvalue weighted by atomic mass is 10.2. The number of hydrogen-bond donors (Lipinski definition) is 0. The first-order chi connectivity index (χ1) is 12.1. The number of carbonyl (C=O) groups is 1. The molecule has 1 saturated carbocycles. The van der Waals surface area contributed by atoms with Gasteiger partial charge < -0.3 is 4.74 Å². The van der Waals surface area contributed by atoms with Crippen molar-refractivity contribution in [3.8, 4) is 0 Å². The van der Waals surface area contributed by atoms with Gasteiger partial charge >= 0.3 is 0 Å². The number of Topliss-reactive ketones (excluding diaryl/α,β-unsaturated/α-hetero) is 1. The first-order valence-corrected chi connectivity index (χ1v) is 10.2. The quantitative estimate of drug-likeness (QED) is 0.539. The number of nitrogens with zero attached hydrogens (tertiary/aromatic N) is 2. The molecule has 0 bridgehead atoms. The molecule has 1 heterocycles. The summed E-state index contributed by atoms with van der Waals surface area (Å²) in [7, 11) is 1.61. The molecule has 0 spiro atoms. The summed E-state index contributed by atoms with van der Waals surface area (Å²) in [6, 6.07) is 5.50. The van der Waals surface area contributed by atoms with Crippen LogP contribution in [0.25, 0.3) is 10.9 Å². The van der Waals surface area contributed by atoms with E-state index in [2.05, 4.69) is 20.9 Å². The van der Waals surface area contributed by atoms with Crippen molar-refractivity contribution in [1.82, 2.24) is 9.55 Å². The molecule has 0 saturated heterocycles. The van der Waals surface area contributed by atoms with E-state index in [1.807, 2.05) is 12.1 Å². The van der Waals surface area contributed by atoms with Gasteiger partial charge in [-0.1, -0.05) is 40.5 Å². The number of methoxy groups -OCH3 is 1. The molecule has 0 unspecified atom stereocenters. The van der Waals surface area contributed by atoms with E-state index >= 15 is 0 Å². The van der Waals surface area contributed by atoms with Crippen LogP contribution in [0, 0.1) is 0 Å². The molecule has 2 aromatic rings. The molecule has 0 aliphatic heterocycles. The smallest absolute Gasteiger partial charge is 0.262 e. The highest BCUT2D eigenvalue weighted by Gasteiger charge is 2.24. The SMILES string of the molecule is COCCn1c(S[C@H]2CCCCCC2=O)nc2ccc(Br)cc2c1=O. The normalized spacial score (nSPS) is 18.5. The number of halogens is 1. The fraction of sp³-hybridized carbons (Fsp3) is 0.500. The summed E-state index contributed by atoms with van der Waals surface area (Å²) in [6.07, 6.45) is 4.58. The zero-order chi connectivity index (χ0) is 17.8. The van der Waals surface area contributed by atoms with Crippen LogP contribution in [-0.4, -0.2) is 34.3 Å². The molecule has 0 N–H and O–H groups in total. The van der Waals surface area contributed by atoms with E-state index in [1.54, 1.807) is 17.7 Å². The number of carbonyl (C=O) groups excluding carboxylic acids is 1. The van der Waals surface area contributed by atoms with Crippen molar-refractivity contribution in [1.29, 1.82) is 0 Å². The lowest BCUT2D eigenvalue weighted by Crippen LogP contribution is -2.27. The highest BCUT2D eigenvalue weighted by Crippen LogP contribution is 2.30.